The molecule has 0 atom stereocenters. The van der Waals surface area contributed by atoms with Crippen LogP contribution in [0, 0.1) is 25.2 Å². The number of esters is 1. The molecular formula is C47H33MnN5O2S+2. The zero-order chi connectivity index (χ0) is 37.5. The average Bonchev–Trinajstić information content (AvgIpc) is 4.05. The van der Waals surface area contributed by atoms with Gasteiger partial charge in [-0.1, -0.05) is 77.9 Å². The molecule has 0 saturated heterocycles. The van der Waals surface area contributed by atoms with Crippen LogP contribution in [0.25, 0.3) is 90.2 Å². The molecule has 269 valence electrons. The number of thiophene rings is 1. The van der Waals surface area contributed by atoms with Crippen molar-refractivity contribution < 1.29 is 26.6 Å². The monoisotopic (exact) mass is 786 g/mol. The van der Waals surface area contributed by atoms with Crippen molar-refractivity contribution in [2.24, 2.45) is 0 Å². The van der Waals surface area contributed by atoms with Gasteiger partial charge in [-0.2, -0.15) is 5.26 Å². The predicted octanol–water partition coefficient (Wildman–Crippen LogP) is 11.8. The summed E-state index contributed by atoms with van der Waals surface area (Å²) in [5, 5.41) is 11.0. The minimum Gasteiger partial charge on any atom is -0.426 e. The number of aryl methyl sites for hydroxylation is 2. The van der Waals surface area contributed by atoms with Gasteiger partial charge in [0.1, 0.15) is 12.2 Å². The van der Waals surface area contributed by atoms with Crippen molar-refractivity contribution in [2.75, 3.05) is 0 Å². The largest absolute Gasteiger partial charge is 2.00 e. The maximum absolute atomic E-state index is 12.1. The number of carbonyl (C=O) groups excluding carboxylic acids is 1. The van der Waals surface area contributed by atoms with Crippen molar-refractivity contribution in [3.8, 4) is 55.6 Å². The SMILES string of the molecule is Cc1ccc(-c2c3nc(c(-c4cccs4)c4ccc([nH]4)c(-c4ccc(C)cc4)c4nc(c(-c5ccc(OC(=O)CC#N)cc5)c5ccc2[nH]5)C=C4)C=C3)cc1.[Mn+2]. The molecular weight excluding hydrogens is 754 g/mol. The van der Waals surface area contributed by atoms with Crippen LogP contribution in [-0.2, 0) is 21.9 Å². The summed E-state index contributed by atoms with van der Waals surface area (Å²) in [6.45, 7) is 4.18. The number of aromatic amines is 2. The van der Waals surface area contributed by atoms with E-state index in [1.165, 1.54) is 11.1 Å². The van der Waals surface area contributed by atoms with E-state index >= 15 is 0 Å². The Bertz CT molecular complexity index is 2850. The van der Waals surface area contributed by atoms with Crippen molar-refractivity contribution in [2.45, 2.75) is 20.3 Å². The summed E-state index contributed by atoms with van der Waals surface area (Å²) >= 11 is 1.69. The molecule has 1 radical (unpaired) electrons. The molecule has 7 aromatic rings. The molecule has 9 rings (SSSR count). The Balaban J connectivity index is 0.00000441. The maximum atomic E-state index is 12.1. The minimum absolute atomic E-state index is 0. The molecule has 0 aliphatic carbocycles. The smallest absolute Gasteiger partial charge is 0.426 e. The van der Waals surface area contributed by atoms with Crippen LogP contribution in [0.1, 0.15) is 40.3 Å². The van der Waals surface area contributed by atoms with Gasteiger partial charge in [0.05, 0.1) is 28.8 Å². The quantitative estimate of drug-likeness (QED) is 0.0991. The van der Waals surface area contributed by atoms with E-state index in [-0.39, 0.29) is 23.5 Å². The van der Waals surface area contributed by atoms with Gasteiger partial charge in [0, 0.05) is 49.2 Å². The van der Waals surface area contributed by atoms with E-state index in [1.54, 1.807) is 23.5 Å². The van der Waals surface area contributed by atoms with Crippen LogP contribution in [0.5, 0.6) is 5.75 Å². The fourth-order valence-corrected chi connectivity index (χ4v) is 7.95. The molecule has 6 heterocycles. The third kappa shape index (κ3) is 6.94. The van der Waals surface area contributed by atoms with Crippen molar-refractivity contribution in [1.29, 1.82) is 5.26 Å². The molecule has 2 aliphatic heterocycles. The molecule has 9 heteroatoms. The Morgan fingerprint density at radius 3 is 1.43 bits per heavy atom. The molecule has 0 spiro atoms. The summed E-state index contributed by atoms with van der Waals surface area (Å²) in [5.74, 6) is -0.232. The molecule has 0 amide bonds. The summed E-state index contributed by atoms with van der Waals surface area (Å²) in [7, 11) is 0. The van der Waals surface area contributed by atoms with Gasteiger partial charge in [-0.15, -0.1) is 11.3 Å². The maximum Gasteiger partial charge on any atom is 2.00 e. The molecule has 0 fully saturated rings. The number of ether oxygens (including phenoxy) is 1. The molecule has 8 bridgehead atoms. The normalized spacial score (nSPS) is 11.6. The Labute approximate surface area is 338 Å². The van der Waals surface area contributed by atoms with Crippen LogP contribution >= 0.6 is 11.3 Å². The Morgan fingerprint density at radius 2 is 1.02 bits per heavy atom. The van der Waals surface area contributed by atoms with Crippen LogP contribution in [0.2, 0.25) is 0 Å². The predicted molar refractivity (Wildman–Crippen MR) is 224 cm³/mol. The number of nitriles is 1. The van der Waals surface area contributed by atoms with Gasteiger partial charge in [-0.05, 0) is 103 Å². The first-order valence-corrected chi connectivity index (χ1v) is 18.8. The van der Waals surface area contributed by atoms with E-state index < -0.39 is 5.97 Å². The van der Waals surface area contributed by atoms with E-state index in [1.807, 2.05) is 18.2 Å². The number of hydrogen-bond donors (Lipinski definition) is 2. The van der Waals surface area contributed by atoms with Gasteiger partial charge < -0.3 is 14.7 Å². The standard InChI is InChI=1S/C47H33N5O2S.Mn/c1-28-5-9-30(10-6-28)44-34-17-19-36(49-34)46(32-13-15-33(16-14-32)54-43(53)25-26-48)37-20-18-35(50-37)45(31-11-7-29(2)8-12-31)39-22-24-41(52-39)47(42-4-3-27-55-42)40-23-21-38(44)51-40;/h3-24,27,49,52H,25H2,1-2H3;/q;+2. The summed E-state index contributed by atoms with van der Waals surface area (Å²) < 4.78 is 5.40. The summed E-state index contributed by atoms with van der Waals surface area (Å²) in [4.78, 5) is 31.5. The van der Waals surface area contributed by atoms with Crippen molar-refractivity contribution in [3.63, 3.8) is 0 Å². The van der Waals surface area contributed by atoms with Gasteiger partial charge in [0.25, 0.3) is 0 Å². The van der Waals surface area contributed by atoms with Gasteiger partial charge in [-0.3, -0.25) is 4.79 Å². The van der Waals surface area contributed by atoms with Gasteiger partial charge in [0.15, 0.2) is 0 Å². The average molecular weight is 787 g/mol. The van der Waals surface area contributed by atoms with E-state index in [2.05, 4.69) is 138 Å². The first kappa shape index (κ1) is 36.4. The number of fused-ring (bicyclic) bond motifs is 8. The summed E-state index contributed by atoms with van der Waals surface area (Å²) in [6.07, 6.45) is 8.02. The number of benzene rings is 3. The van der Waals surface area contributed by atoms with Gasteiger partial charge >= 0.3 is 23.0 Å². The Morgan fingerprint density at radius 1 is 0.607 bits per heavy atom. The van der Waals surface area contributed by atoms with Crippen LogP contribution < -0.4 is 4.74 Å². The molecule has 4 aromatic heterocycles. The van der Waals surface area contributed by atoms with E-state index in [0.29, 0.717) is 5.75 Å². The molecule has 0 saturated carbocycles. The number of H-pyrrole nitrogens is 2. The van der Waals surface area contributed by atoms with Crippen LogP contribution in [-0.4, -0.2) is 25.9 Å². The summed E-state index contributed by atoms with van der Waals surface area (Å²) in [5.41, 5.74) is 16.2. The fraction of sp³-hybridized carbons (Fsp3) is 0.0638. The molecule has 0 unspecified atom stereocenters. The van der Waals surface area contributed by atoms with Crippen LogP contribution in [0.15, 0.2) is 115 Å². The van der Waals surface area contributed by atoms with E-state index in [4.69, 9.17) is 20.0 Å². The third-order valence-electron chi connectivity index (χ3n) is 9.80. The second kappa shape index (κ2) is 15.3. The number of carbonyl (C=O) groups is 1. The van der Waals surface area contributed by atoms with Crippen molar-refractivity contribution in [1.82, 2.24) is 19.9 Å². The zero-order valence-corrected chi connectivity index (χ0v) is 32.4. The molecule has 2 N–H and O–H groups in total. The number of rotatable bonds is 6. The molecule has 2 aliphatic rings. The third-order valence-corrected chi connectivity index (χ3v) is 10.7. The van der Waals surface area contributed by atoms with Gasteiger partial charge in [0.2, 0.25) is 0 Å². The van der Waals surface area contributed by atoms with Crippen molar-refractivity contribution >= 4 is 63.7 Å². The van der Waals surface area contributed by atoms with Crippen LogP contribution in [0.3, 0.4) is 0 Å². The number of nitrogens with one attached hydrogen (secondary N) is 2. The number of nitrogens with zero attached hydrogens (tertiary/aromatic N) is 3. The molecule has 3 aromatic carbocycles. The van der Waals surface area contributed by atoms with Crippen LogP contribution in [0.4, 0.5) is 0 Å². The first-order chi connectivity index (χ1) is 26.9. The number of aromatic nitrogens is 4. The Kier molecular flexibility index (Phi) is 9.94. The second-order valence-corrected chi connectivity index (χ2v) is 14.5. The second-order valence-electron chi connectivity index (χ2n) is 13.5. The zero-order valence-electron chi connectivity index (χ0n) is 30.4. The van der Waals surface area contributed by atoms with Crippen molar-refractivity contribution in [3.05, 3.63) is 148 Å². The van der Waals surface area contributed by atoms with E-state index in [9.17, 15) is 4.79 Å². The number of hydrogen-bond acceptors (Lipinski definition) is 6. The van der Waals surface area contributed by atoms with Gasteiger partial charge in [-0.25, -0.2) is 9.97 Å². The minimum atomic E-state index is -0.598. The fourth-order valence-electron chi connectivity index (χ4n) is 7.16. The molecule has 7 nitrogen and oxygen atoms in total. The molecule has 56 heavy (non-hydrogen) atoms. The Hall–Kier alpha value is -6.56. The topological polar surface area (TPSA) is 107 Å². The first-order valence-electron chi connectivity index (χ1n) is 17.9. The van der Waals surface area contributed by atoms with E-state index in [0.717, 1.165) is 88.7 Å². The summed E-state index contributed by atoms with van der Waals surface area (Å²) in [6, 6.07) is 38.9.